The molecule has 0 unspecified atom stereocenters. The van der Waals surface area contributed by atoms with Crippen molar-refractivity contribution in [3.05, 3.63) is 43.9 Å². The van der Waals surface area contributed by atoms with E-state index in [-0.39, 0.29) is 14.4 Å². The monoisotopic (exact) mass is 353 g/mol. The molecule has 2 heterocycles. The minimum atomic E-state index is -4.01. The number of halogens is 2. The highest BCUT2D eigenvalue weighted by molar-refractivity contribution is 7.94. The predicted molar refractivity (Wildman–Crippen MR) is 76.0 cm³/mol. The number of hydrogen-bond donors (Lipinski definition) is 1. The van der Waals surface area contributed by atoms with E-state index < -0.39 is 20.6 Å². The standard InChI is InChI=1S/C9H5Cl2N3O4S2/c10-5-1-2-12-7(3-5)13-20(17,18)8-4-6(14(15)16)9(11)19-8/h1-4H,(H,12,13). The smallest absolute Gasteiger partial charge is 0.263 e. The molecule has 0 aliphatic carbocycles. The lowest BCUT2D eigenvalue weighted by atomic mass is 10.5. The summed E-state index contributed by atoms with van der Waals surface area (Å²) in [5.74, 6) is 0.00433. The Morgan fingerprint density at radius 2 is 2.05 bits per heavy atom. The average molecular weight is 354 g/mol. The summed E-state index contributed by atoms with van der Waals surface area (Å²) in [5.41, 5.74) is -0.462. The number of sulfonamides is 1. The maximum Gasteiger partial charge on any atom is 0.300 e. The molecule has 2 aromatic heterocycles. The first kappa shape index (κ1) is 15.0. The Bertz CT molecular complexity index is 775. The first-order valence-corrected chi connectivity index (χ1v) is 7.93. The molecule has 0 spiro atoms. The Hall–Kier alpha value is -1.42. The summed E-state index contributed by atoms with van der Waals surface area (Å²) in [4.78, 5) is 13.7. The van der Waals surface area contributed by atoms with Gasteiger partial charge < -0.3 is 0 Å². The largest absolute Gasteiger partial charge is 0.300 e. The molecule has 0 saturated heterocycles. The van der Waals surface area contributed by atoms with Crippen molar-refractivity contribution in [3.8, 4) is 0 Å². The van der Waals surface area contributed by atoms with Crippen LogP contribution in [0.4, 0.5) is 11.5 Å². The third-order valence-electron chi connectivity index (χ3n) is 2.07. The summed E-state index contributed by atoms with van der Waals surface area (Å²) >= 11 is 11.9. The number of nitrogens with one attached hydrogen (secondary N) is 1. The van der Waals surface area contributed by atoms with Gasteiger partial charge in [-0.1, -0.05) is 23.2 Å². The average Bonchev–Trinajstić information content (AvgIpc) is 2.71. The molecule has 7 nitrogen and oxygen atoms in total. The molecule has 2 aromatic rings. The SMILES string of the molecule is O=[N+]([O-])c1cc(S(=O)(=O)Nc2cc(Cl)ccn2)sc1Cl. The van der Waals surface area contributed by atoms with E-state index in [0.717, 1.165) is 6.07 Å². The van der Waals surface area contributed by atoms with Gasteiger partial charge in [0.15, 0.2) is 4.34 Å². The van der Waals surface area contributed by atoms with Gasteiger partial charge >= 0.3 is 0 Å². The van der Waals surface area contributed by atoms with Gasteiger partial charge in [-0.25, -0.2) is 13.4 Å². The summed E-state index contributed by atoms with van der Waals surface area (Å²) in [7, 11) is -4.01. The second-order valence-electron chi connectivity index (χ2n) is 3.45. The van der Waals surface area contributed by atoms with Crippen LogP contribution in [-0.2, 0) is 10.0 Å². The fourth-order valence-electron chi connectivity index (χ4n) is 1.24. The summed E-state index contributed by atoms with van der Waals surface area (Å²) in [6.07, 6.45) is 1.32. The molecule has 0 bridgehead atoms. The van der Waals surface area contributed by atoms with Crippen LogP contribution in [0.3, 0.4) is 0 Å². The number of nitrogens with zero attached hydrogens (tertiary/aromatic N) is 2. The molecular formula is C9H5Cl2N3O4S2. The van der Waals surface area contributed by atoms with Gasteiger partial charge in [0.2, 0.25) is 0 Å². The number of hydrogen-bond acceptors (Lipinski definition) is 6. The molecule has 20 heavy (non-hydrogen) atoms. The van der Waals surface area contributed by atoms with Crippen LogP contribution in [0, 0.1) is 10.1 Å². The van der Waals surface area contributed by atoms with Crippen LogP contribution < -0.4 is 4.72 Å². The third-order valence-corrected chi connectivity index (χ3v) is 5.47. The van der Waals surface area contributed by atoms with Gasteiger partial charge in [0.25, 0.3) is 15.7 Å². The van der Waals surface area contributed by atoms with Crippen LogP contribution in [0.1, 0.15) is 0 Å². The molecular weight excluding hydrogens is 349 g/mol. The van der Waals surface area contributed by atoms with Crippen LogP contribution in [0.25, 0.3) is 0 Å². The number of rotatable bonds is 4. The number of aromatic nitrogens is 1. The van der Waals surface area contributed by atoms with Crippen LogP contribution in [0.15, 0.2) is 28.6 Å². The molecule has 0 fully saturated rings. The molecule has 0 amide bonds. The van der Waals surface area contributed by atoms with E-state index in [0.29, 0.717) is 16.4 Å². The Labute approximate surface area is 127 Å². The van der Waals surface area contributed by atoms with Crippen molar-refractivity contribution < 1.29 is 13.3 Å². The summed E-state index contributed by atoms with van der Waals surface area (Å²) in [5, 5.41) is 10.9. The quantitative estimate of drug-likeness (QED) is 0.671. The van der Waals surface area contributed by atoms with E-state index in [1.807, 2.05) is 0 Å². The summed E-state index contributed by atoms with van der Waals surface area (Å²) < 4.78 is 25.7. The van der Waals surface area contributed by atoms with E-state index in [2.05, 4.69) is 9.71 Å². The zero-order valence-corrected chi connectivity index (χ0v) is 12.6. The van der Waals surface area contributed by atoms with Crippen molar-refractivity contribution in [2.45, 2.75) is 4.21 Å². The fraction of sp³-hybridized carbons (Fsp3) is 0. The molecule has 0 radical (unpaired) electrons. The number of anilines is 1. The molecule has 0 atom stereocenters. The highest BCUT2D eigenvalue weighted by Crippen LogP contribution is 2.36. The van der Waals surface area contributed by atoms with E-state index in [1.165, 1.54) is 18.3 Å². The molecule has 1 N–H and O–H groups in total. The molecule has 11 heteroatoms. The van der Waals surface area contributed by atoms with Crippen molar-refractivity contribution >= 4 is 56.1 Å². The van der Waals surface area contributed by atoms with Crippen molar-refractivity contribution in [1.82, 2.24) is 4.98 Å². The van der Waals surface area contributed by atoms with Crippen LogP contribution in [0.5, 0.6) is 0 Å². The van der Waals surface area contributed by atoms with E-state index in [9.17, 15) is 18.5 Å². The van der Waals surface area contributed by atoms with Gasteiger partial charge in [0.05, 0.1) is 4.92 Å². The molecule has 2 rings (SSSR count). The summed E-state index contributed by atoms with van der Waals surface area (Å²) in [6, 6.07) is 3.68. The molecule has 0 aromatic carbocycles. The van der Waals surface area contributed by atoms with Crippen LogP contribution in [-0.4, -0.2) is 18.3 Å². The lowest BCUT2D eigenvalue weighted by molar-refractivity contribution is -0.384. The first-order valence-electron chi connectivity index (χ1n) is 4.88. The normalized spacial score (nSPS) is 11.3. The molecule has 106 valence electrons. The zero-order valence-electron chi connectivity index (χ0n) is 9.41. The topological polar surface area (TPSA) is 102 Å². The number of pyridine rings is 1. The van der Waals surface area contributed by atoms with Gasteiger partial charge in [-0.05, 0) is 6.07 Å². The van der Waals surface area contributed by atoms with E-state index in [4.69, 9.17) is 23.2 Å². The van der Waals surface area contributed by atoms with Gasteiger partial charge in [0.1, 0.15) is 10.0 Å². The minimum absolute atomic E-state index is 0.00433. The van der Waals surface area contributed by atoms with Crippen LogP contribution in [0.2, 0.25) is 9.36 Å². The van der Waals surface area contributed by atoms with Gasteiger partial charge in [-0.3, -0.25) is 14.8 Å². The third kappa shape index (κ3) is 3.18. The fourth-order valence-corrected chi connectivity index (χ4v) is 4.07. The van der Waals surface area contributed by atoms with E-state index in [1.54, 1.807) is 0 Å². The highest BCUT2D eigenvalue weighted by Gasteiger charge is 2.25. The Morgan fingerprint density at radius 1 is 1.35 bits per heavy atom. The van der Waals surface area contributed by atoms with Gasteiger partial charge in [-0.15, -0.1) is 11.3 Å². The predicted octanol–water partition coefficient (Wildman–Crippen LogP) is 3.16. The number of nitro groups is 1. The van der Waals surface area contributed by atoms with E-state index >= 15 is 0 Å². The van der Waals surface area contributed by atoms with Crippen molar-refractivity contribution in [3.63, 3.8) is 0 Å². The lowest BCUT2D eigenvalue weighted by Gasteiger charge is -2.04. The van der Waals surface area contributed by atoms with Crippen molar-refractivity contribution in [2.75, 3.05) is 4.72 Å². The second kappa shape index (κ2) is 5.52. The van der Waals surface area contributed by atoms with Gasteiger partial charge in [0, 0.05) is 23.4 Å². The first-order chi connectivity index (χ1) is 9.29. The minimum Gasteiger partial charge on any atom is -0.263 e. The van der Waals surface area contributed by atoms with Gasteiger partial charge in [-0.2, -0.15) is 0 Å². The Balaban J connectivity index is 2.36. The second-order valence-corrected chi connectivity index (χ2v) is 7.45. The Kier molecular flexibility index (Phi) is 4.14. The highest BCUT2D eigenvalue weighted by atomic mass is 35.5. The van der Waals surface area contributed by atoms with Crippen molar-refractivity contribution in [2.24, 2.45) is 0 Å². The molecule has 0 aliphatic rings. The lowest BCUT2D eigenvalue weighted by Crippen LogP contribution is -2.12. The number of thiophene rings is 1. The Morgan fingerprint density at radius 3 is 2.60 bits per heavy atom. The van der Waals surface area contributed by atoms with Crippen LogP contribution >= 0.6 is 34.5 Å². The summed E-state index contributed by atoms with van der Waals surface area (Å²) in [6.45, 7) is 0. The maximum atomic E-state index is 12.0. The maximum absolute atomic E-state index is 12.0. The zero-order chi connectivity index (χ0) is 14.9. The molecule has 0 saturated carbocycles. The molecule has 0 aliphatic heterocycles. The van der Waals surface area contributed by atoms with Crippen molar-refractivity contribution in [1.29, 1.82) is 0 Å².